The summed E-state index contributed by atoms with van der Waals surface area (Å²) < 4.78 is 13.3. The van der Waals surface area contributed by atoms with Crippen molar-refractivity contribution in [2.45, 2.75) is 25.7 Å². The first-order valence-electron chi connectivity index (χ1n) is 5.42. The first-order valence-corrected chi connectivity index (χ1v) is 5.42. The highest BCUT2D eigenvalue weighted by Crippen LogP contribution is 2.17. The number of nitrogens with two attached hydrogens (primary N) is 1. The van der Waals surface area contributed by atoms with E-state index in [9.17, 15) is 9.18 Å². The van der Waals surface area contributed by atoms with Gasteiger partial charge in [-0.25, -0.2) is 4.39 Å². The zero-order valence-corrected chi connectivity index (χ0v) is 9.50. The molecular weight excluding hydrogens is 219 g/mol. The first kappa shape index (κ1) is 13.0. The molecule has 17 heavy (non-hydrogen) atoms. The summed E-state index contributed by atoms with van der Waals surface area (Å²) in [7, 11) is 0. The highest BCUT2D eigenvalue weighted by atomic mass is 19.1. The number of benzene rings is 1. The Morgan fingerprint density at radius 3 is 2.94 bits per heavy atom. The Hall–Kier alpha value is -2.02. The molecule has 1 amide bonds. The van der Waals surface area contributed by atoms with Gasteiger partial charge in [0.25, 0.3) is 0 Å². The molecule has 0 atom stereocenters. The van der Waals surface area contributed by atoms with Crippen LogP contribution in [0.3, 0.4) is 0 Å². The van der Waals surface area contributed by atoms with Crippen molar-refractivity contribution in [1.82, 2.24) is 0 Å². The van der Waals surface area contributed by atoms with E-state index in [0.717, 1.165) is 6.42 Å². The quantitative estimate of drug-likeness (QED) is 0.467. The highest BCUT2D eigenvalue weighted by molar-refractivity contribution is 5.91. The molecule has 1 aromatic rings. The van der Waals surface area contributed by atoms with E-state index in [2.05, 4.69) is 11.2 Å². The van der Waals surface area contributed by atoms with Crippen molar-refractivity contribution in [2.75, 3.05) is 11.1 Å². The molecule has 90 valence electrons. The highest BCUT2D eigenvalue weighted by Gasteiger charge is 2.06. The lowest BCUT2D eigenvalue weighted by Crippen LogP contribution is -2.12. The van der Waals surface area contributed by atoms with Crippen LogP contribution in [0, 0.1) is 18.2 Å². The molecule has 0 heterocycles. The molecule has 0 aliphatic carbocycles. The minimum absolute atomic E-state index is 0.118. The van der Waals surface area contributed by atoms with E-state index in [0.29, 0.717) is 24.9 Å². The van der Waals surface area contributed by atoms with Crippen LogP contribution in [0.2, 0.25) is 0 Å². The molecule has 0 fully saturated rings. The van der Waals surface area contributed by atoms with Crippen LogP contribution in [0.5, 0.6) is 0 Å². The number of halogens is 1. The van der Waals surface area contributed by atoms with E-state index in [1.54, 1.807) is 0 Å². The van der Waals surface area contributed by atoms with Crippen LogP contribution in [0.25, 0.3) is 0 Å². The molecule has 1 rings (SSSR count). The molecule has 4 heteroatoms. The van der Waals surface area contributed by atoms with E-state index in [-0.39, 0.29) is 11.6 Å². The molecule has 0 unspecified atom stereocenters. The molecular formula is C13H15FN2O. The smallest absolute Gasteiger partial charge is 0.224 e. The number of anilines is 2. The molecule has 0 spiro atoms. The molecule has 0 aliphatic heterocycles. The van der Waals surface area contributed by atoms with Gasteiger partial charge in [0.05, 0.1) is 5.69 Å². The van der Waals surface area contributed by atoms with Crippen molar-refractivity contribution in [3.8, 4) is 12.3 Å². The number of terminal acetylenes is 1. The number of hydrogen-bond acceptors (Lipinski definition) is 2. The summed E-state index contributed by atoms with van der Waals surface area (Å²) in [5, 5.41) is 2.48. The Bertz CT molecular complexity index is 438. The summed E-state index contributed by atoms with van der Waals surface area (Å²) in [6.07, 6.45) is 7.56. The lowest BCUT2D eigenvalue weighted by atomic mass is 10.2. The van der Waals surface area contributed by atoms with Gasteiger partial charge in [-0.15, -0.1) is 12.3 Å². The summed E-state index contributed by atoms with van der Waals surface area (Å²) in [4.78, 5) is 11.5. The third-order valence-corrected chi connectivity index (χ3v) is 2.24. The van der Waals surface area contributed by atoms with Crippen molar-refractivity contribution in [3.63, 3.8) is 0 Å². The van der Waals surface area contributed by atoms with E-state index in [1.165, 1.54) is 18.2 Å². The number of rotatable bonds is 5. The van der Waals surface area contributed by atoms with Crippen LogP contribution in [0.4, 0.5) is 15.8 Å². The fraction of sp³-hybridized carbons (Fsp3) is 0.308. The fourth-order valence-corrected chi connectivity index (χ4v) is 1.36. The maximum atomic E-state index is 13.3. The Balaban J connectivity index is 2.45. The normalized spacial score (nSPS) is 9.65. The number of carbonyl (C=O) groups excluding carboxylic acids is 1. The second kappa shape index (κ2) is 6.54. The summed E-state index contributed by atoms with van der Waals surface area (Å²) in [6, 6.07) is 4.07. The van der Waals surface area contributed by atoms with Crippen LogP contribution in [-0.2, 0) is 4.79 Å². The molecule has 0 aliphatic rings. The number of amides is 1. The monoisotopic (exact) mass is 234 g/mol. The van der Waals surface area contributed by atoms with Gasteiger partial charge in [0, 0.05) is 18.5 Å². The van der Waals surface area contributed by atoms with Crippen LogP contribution >= 0.6 is 0 Å². The summed E-state index contributed by atoms with van der Waals surface area (Å²) >= 11 is 0. The van der Waals surface area contributed by atoms with Crippen molar-refractivity contribution < 1.29 is 9.18 Å². The van der Waals surface area contributed by atoms with Gasteiger partial charge in [-0.3, -0.25) is 4.79 Å². The Labute approximate surface area is 100 Å². The number of carbonyl (C=O) groups is 1. The maximum Gasteiger partial charge on any atom is 0.224 e. The van der Waals surface area contributed by atoms with Gasteiger partial charge >= 0.3 is 0 Å². The van der Waals surface area contributed by atoms with Crippen molar-refractivity contribution in [1.29, 1.82) is 0 Å². The van der Waals surface area contributed by atoms with Crippen LogP contribution in [0.1, 0.15) is 25.7 Å². The van der Waals surface area contributed by atoms with E-state index >= 15 is 0 Å². The zero-order valence-electron chi connectivity index (χ0n) is 9.50. The third kappa shape index (κ3) is 4.56. The fourth-order valence-electron chi connectivity index (χ4n) is 1.36. The van der Waals surface area contributed by atoms with Gasteiger partial charge in [-0.05, 0) is 31.0 Å². The molecule has 0 bridgehead atoms. The average molecular weight is 234 g/mol. The second-order valence-corrected chi connectivity index (χ2v) is 3.70. The van der Waals surface area contributed by atoms with Crippen molar-refractivity contribution in [3.05, 3.63) is 24.0 Å². The Morgan fingerprint density at radius 1 is 1.47 bits per heavy atom. The van der Waals surface area contributed by atoms with E-state index in [1.807, 2.05) is 0 Å². The Kier molecular flexibility index (Phi) is 5.02. The van der Waals surface area contributed by atoms with Gasteiger partial charge < -0.3 is 11.1 Å². The standard InChI is InChI=1S/C13H15FN2O/c1-2-3-4-5-6-13(17)16-12-9-10(15)7-8-11(12)14/h1,7-9H,3-6,15H2,(H,16,17). The molecule has 3 N–H and O–H groups in total. The van der Waals surface area contributed by atoms with Crippen molar-refractivity contribution in [2.24, 2.45) is 0 Å². The molecule has 0 saturated carbocycles. The lowest BCUT2D eigenvalue weighted by molar-refractivity contribution is -0.116. The Morgan fingerprint density at radius 2 is 2.24 bits per heavy atom. The molecule has 3 nitrogen and oxygen atoms in total. The summed E-state index contributed by atoms with van der Waals surface area (Å²) in [6.45, 7) is 0. The zero-order chi connectivity index (χ0) is 12.7. The molecule has 0 radical (unpaired) electrons. The predicted octanol–water partition coefficient (Wildman–Crippen LogP) is 2.54. The summed E-state index contributed by atoms with van der Waals surface area (Å²) in [5.74, 6) is 1.78. The minimum Gasteiger partial charge on any atom is -0.399 e. The SMILES string of the molecule is C#CCCCCC(=O)Nc1cc(N)ccc1F. The van der Waals surface area contributed by atoms with Crippen LogP contribution < -0.4 is 11.1 Å². The first-order chi connectivity index (χ1) is 8.13. The van der Waals surface area contributed by atoms with Crippen LogP contribution in [-0.4, -0.2) is 5.91 Å². The number of nitrogens with one attached hydrogen (secondary N) is 1. The van der Waals surface area contributed by atoms with Gasteiger partial charge in [-0.2, -0.15) is 0 Å². The van der Waals surface area contributed by atoms with E-state index < -0.39 is 5.82 Å². The van der Waals surface area contributed by atoms with Gasteiger partial charge in [0.15, 0.2) is 0 Å². The number of hydrogen-bond donors (Lipinski definition) is 2. The predicted molar refractivity (Wildman–Crippen MR) is 66.7 cm³/mol. The van der Waals surface area contributed by atoms with Gasteiger partial charge in [0.2, 0.25) is 5.91 Å². The topological polar surface area (TPSA) is 55.1 Å². The number of nitrogen functional groups attached to an aromatic ring is 1. The van der Waals surface area contributed by atoms with Gasteiger partial charge in [0.1, 0.15) is 5.82 Å². The maximum absolute atomic E-state index is 13.3. The largest absolute Gasteiger partial charge is 0.399 e. The van der Waals surface area contributed by atoms with Crippen molar-refractivity contribution >= 4 is 17.3 Å². The number of unbranched alkanes of at least 4 members (excludes halogenated alkanes) is 2. The average Bonchev–Trinajstić information content (AvgIpc) is 2.29. The molecule has 0 aromatic heterocycles. The summed E-state index contributed by atoms with van der Waals surface area (Å²) in [5.41, 5.74) is 6.03. The molecule has 0 saturated heterocycles. The van der Waals surface area contributed by atoms with E-state index in [4.69, 9.17) is 12.2 Å². The van der Waals surface area contributed by atoms with Crippen LogP contribution in [0.15, 0.2) is 18.2 Å². The third-order valence-electron chi connectivity index (χ3n) is 2.24. The lowest BCUT2D eigenvalue weighted by Gasteiger charge is -2.06. The second-order valence-electron chi connectivity index (χ2n) is 3.70. The molecule has 1 aromatic carbocycles. The minimum atomic E-state index is -0.490. The van der Waals surface area contributed by atoms with Gasteiger partial charge in [-0.1, -0.05) is 0 Å².